The lowest BCUT2D eigenvalue weighted by Gasteiger charge is -2.22. The van der Waals surface area contributed by atoms with Crippen molar-refractivity contribution < 1.29 is 8.42 Å². The molecule has 1 fully saturated rings. The molecule has 19 heavy (non-hydrogen) atoms. The molecule has 0 amide bonds. The summed E-state index contributed by atoms with van der Waals surface area (Å²) in [5.41, 5.74) is 5.76. The number of hydrogen-bond donors (Lipinski definition) is 1. The maximum Gasteiger partial charge on any atom is 0.243 e. The number of hydrogen-bond acceptors (Lipinski definition) is 4. The molecule has 1 unspecified atom stereocenters. The fraction of sp³-hybridized carbons (Fsp3) is 0.417. The third kappa shape index (κ3) is 2.60. The average molecular weight is 300 g/mol. The molecule has 0 bridgehead atoms. The molecule has 0 aliphatic carbocycles. The quantitative estimate of drug-likeness (QED) is 0.912. The van der Waals surface area contributed by atoms with Gasteiger partial charge in [-0.3, -0.25) is 0 Å². The Hall–Kier alpha value is -1.13. The highest BCUT2D eigenvalue weighted by molar-refractivity contribution is 7.89. The first kappa shape index (κ1) is 14.3. The molecular formula is C12H14ClN3O2S. The van der Waals surface area contributed by atoms with Gasteiger partial charge in [-0.15, -0.1) is 0 Å². The van der Waals surface area contributed by atoms with Crippen LogP contribution in [0, 0.1) is 11.3 Å². The van der Waals surface area contributed by atoms with E-state index in [9.17, 15) is 8.42 Å². The zero-order chi connectivity index (χ0) is 14.0. The maximum absolute atomic E-state index is 12.5. The largest absolute Gasteiger partial charge is 0.329 e. The van der Waals surface area contributed by atoms with E-state index in [4.69, 9.17) is 22.6 Å². The normalized spacial score (nSPS) is 20.4. The fourth-order valence-corrected chi connectivity index (χ4v) is 4.14. The lowest BCUT2D eigenvalue weighted by Crippen LogP contribution is -2.39. The molecule has 102 valence electrons. The molecule has 2 rings (SSSR count). The Bertz CT molecular complexity index is 624. The van der Waals surface area contributed by atoms with E-state index in [0.29, 0.717) is 13.1 Å². The van der Waals surface area contributed by atoms with Crippen molar-refractivity contribution in [3.05, 3.63) is 28.8 Å². The van der Waals surface area contributed by atoms with Crippen LogP contribution in [0.1, 0.15) is 18.4 Å². The van der Waals surface area contributed by atoms with Crippen LogP contribution >= 0.6 is 11.6 Å². The molecule has 0 radical (unpaired) electrons. The third-order valence-electron chi connectivity index (χ3n) is 3.26. The van der Waals surface area contributed by atoms with Crippen LogP contribution in [0.25, 0.3) is 0 Å². The predicted molar refractivity (Wildman–Crippen MR) is 72.1 cm³/mol. The van der Waals surface area contributed by atoms with Crippen LogP contribution in [0.15, 0.2) is 23.1 Å². The Morgan fingerprint density at radius 3 is 2.89 bits per heavy atom. The first-order chi connectivity index (χ1) is 9.00. The minimum atomic E-state index is -3.61. The third-order valence-corrected chi connectivity index (χ3v) is 5.54. The first-order valence-electron chi connectivity index (χ1n) is 5.92. The molecule has 1 aliphatic heterocycles. The summed E-state index contributed by atoms with van der Waals surface area (Å²) < 4.78 is 26.4. The van der Waals surface area contributed by atoms with Crippen LogP contribution in [0.3, 0.4) is 0 Å². The molecule has 1 aliphatic rings. The number of rotatable bonds is 3. The van der Waals surface area contributed by atoms with Gasteiger partial charge in [0.2, 0.25) is 10.0 Å². The number of nitrogens with zero attached hydrogens (tertiary/aromatic N) is 2. The first-order valence-corrected chi connectivity index (χ1v) is 7.74. The van der Waals surface area contributed by atoms with Crippen LogP contribution in [-0.4, -0.2) is 31.9 Å². The van der Waals surface area contributed by atoms with Crippen LogP contribution in [0.5, 0.6) is 0 Å². The van der Waals surface area contributed by atoms with Gasteiger partial charge in [-0.1, -0.05) is 11.6 Å². The smallest absolute Gasteiger partial charge is 0.243 e. The van der Waals surface area contributed by atoms with Gasteiger partial charge in [0.25, 0.3) is 0 Å². The summed E-state index contributed by atoms with van der Waals surface area (Å²) in [6.45, 7) is 0.770. The van der Waals surface area contributed by atoms with Crippen molar-refractivity contribution in [2.24, 2.45) is 5.73 Å². The second-order valence-corrected chi connectivity index (χ2v) is 6.70. The Kier molecular flexibility index (Phi) is 4.11. The van der Waals surface area contributed by atoms with E-state index in [-0.39, 0.29) is 21.5 Å². The van der Waals surface area contributed by atoms with Gasteiger partial charge < -0.3 is 5.73 Å². The number of nitriles is 1. The average Bonchev–Trinajstić information content (AvgIpc) is 2.88. The number of halogens is 1. The highest BCUT2D eigenvalue weighted by Gasteiger charge is 2.34. The fourth-order valence-electron chi connectivity index (χ4n) is 2.25. The Morgan fingerprint density at radius 1 is 1.53 bits per heavy atom. The minimum Gasteiger partial charge on any atom is -0.329 e. The molecule has 1 saturated heterocycles. The second-order valence-electron chi connectivity index (χ2n) is 4.40. The van der Waals surface area contributed by atoms with E-state index in [1.54, 1.807) is 0 Å². The van der Waals surface area contributed by atoms with Crippen molar-refractivity contribution >= 4 is 21.6 Å². The van der Waals surface area contributed by atoms with Crippen molar-refractivity contribution in [2.45, 2.75) is 23.8 Å². The van der Waals surface area contributed by atoms with Crippen LogP contribution in [0.2, 0.25) is 5.02 Å². The number of sulfonamides is 1. The molecule has 2 N–H and O–H groups in total. The summed E-state index contributed by atoms with van der Waals surface area (Å²) >= 11 is 5.81. The van der Waals surface area contributed by atoms with E-state index >= 15 is 0 Å². The summed E-state index contributed by atoms with van der Waals surface area (Å²) in [7, 11) is -3.61. The van der Waals surface area contributed by atoms with Gasteiger partial charge in [0.1, 0.15) is 6.07 Å². The lowest BCUT2D eigenvalue weighted by atomic mass is 10.2. The Morgan fingerprint density at radius 2 is 2.26 bits per heavy atom. The highest BCUT2D eigenvalue weighted by atomic mass is 35.5. The second kappa shape index (κ2) is 5.47. The van der Waals surface area contributed by atoms with Crippen LogP contribution < -0.4 is 5.73 Å². The van der Waals surface area contributed by atoms with E-state index in [1.165, 1.54) is 22.5 Å². The predicted octanol–water partition coefficient (Wildman–Crippen LogP) is 1.32. The molecule has 1 aromatic rings. The van der Waals surface area contributed by atoms with Gasteiger partial charge in [-0.05, 0) is 31.0 Å². The molecule has 1 heterocycles. The van der Waals surface area contributed by atoms with Gasteiger partial charge >= 0.3 is 0 Å². The molecule has 0 saturated carbocycles. The lowest BCUT2D eigenvalue weighted by molar-refractivity contribution is 0.393. The monoisotopic (exact) mass is 299 g/mol. The molecule has 1 atom stereocenters. The molecule has 1 aromatic carbocycles. The van der Waals surface area contributed by atoms with Gasteiger partial charge in [-0.2, -0.15) is 9.57 Å². The van der Waals surface area contributed by atoms with Crippen LogP contribution in [0.4, 0.5) is 0 Å². The van der Waals surface area contributed by atoms with Crippen molar-refractivity contribution in [2.75, 3.05) is 13.1 Å². The topological polar surface area (TPSA) is 87.2 Å². The van der Waals surface area contributed by atoms with Gasteiger partial charge in [0.15, 0.2) is 0 Å². The zero-order valence-electron chi connectivity index (χ0n) is 10.2. The summed E-state index contributed by atoms with van der Waals surface area (Å²) in [5, 5.41) is 9.16. The van der Waals surface area contributed by atoms with Crippen molar-refractivity contribution in [3.8, 4) is 6.07 Å². The van der Waals surface area contributed by atoms with Crippen molar-refractivity contribution in [3.63, 3.8) is 0 Å². The summed E-state index contributed by atoms with van der Waals surface area (Å²) in [5.74, 6) is 0. The molecule has 0 spiro atoms. The van der Waals surface area contributed by atoms with Gasteiger partial charge in [-0.25, -0.2) is 8.42 Å². The van der Waals surface area contributed by atoms with Gasteiger partial charge in [0.05, 0.1) is 15.5 Å². The van der Waals surface area contributed by atoms with Crippen molar-refractivity contribution in [1.29, 1.82) is 5.26 Å². The highest BCUT2D eigenvalue weighted by Crippen LogP contribution is 2.27. The van der Waals surface area contributed by atoms with Crippen molar-refractivity contribution in [1.82, 2.24) is 4.31 Å². The summed E-state index contributed by atoms with van der Waals surface area (Å²) in [6.07, 6.45) is 1.58. The minimum absolute atomic E-state index is 0.0915. The summed E-state index contributed by atoms with van der Waals surface area (Å²) in [4.78, 5) is 0.0915. The van der Waals surface area contributed by atoms with E-state index in [1.807, 2.05) is 6.07 Å². The summed E-state index contributed by atoms with van der Waals surface area (Å²) in [6, 6.07) is 5.88. The standard InChI is InChI=1S/C12H14ClN3O2S/c13-12-4-3-11(6-9(12)7-14)19(17,18)16-5-1-2-10(16)8-15/h3-4,6,10H,1-2,5,8,15H2. The zero-order valence-corrected chi connectivity index (χ0v) is 11.8. The Balaban J connectivity index is 2.43. The van der Waals surface area contributed by atoms with Crippen LogP contribution in [-0.2, 0) is 10.0 Å². The molecule has 7 heteroatoms. The Labute approximate surface area is 117 Å². The maximum atomic E-state index is 12.5. The SMILES string of the molecule is N#Cc1cc(S(=O)(=O)N2CCCC2CN)ccc1Cl. The van der Waals surface area contributed by atoms with Gasteiger partial charge in [0, 0.05) is 19.1 Å². The molecule has 5 nitrogen and oxygen atoms in total. The molecule has 0 aromatic heterocycles. The van der Waals surface area contributed by atoms with E-state index in [0.717, 1.165) is 12.8 Å². The number of nitrogens with two attached hydrogens (primary N) is 1. The van der Waals surface area contributed by atoms with E-state index in [2.05, 4.69) is 0 Å². The number of benzene rings is 1. The molecular weight excluding hydrogens is 286 g/mol. The van der Waals surface area contributed by atoms with E-state index < -0.39 is 10.0 Å².